The van der Waals surface area contributed by atoms with Gasteiger partial charge in [-0.2, -0.15) is 0 Å². The van der Waals surface area contributed by atoms with E-state index in [-0.39, 0.29) is 0 Å². The van der Waals surface area contributed by atoms with E-state index in [4.69, 9.17) is 4.43 Å². The van der Waals surface area contributed by atoms with Gasteiger partial charge in [0.25, 0.3) is 0 Å². The van der Waals surface area contributed by atoms with Crippen LogP contribution in [0.4, 0.5) is 0 Å². The van der Waals surface area contributed by atoms with Gasteiger partial charge in [-0.1, -0.05) is 0 Å². The zero-order valence-corrected chi connectivity index (χ0v) is 13.4. The van der Waals surface area contributed by atoms with Gasteiger partial charge in [0.1, 0.15) is 0 Å². The third kappa shape index (κ3) is 7.48. The molecule has 0 atom stereocenters. The highest BCUT2D eigenvalue weighted by Crippen LogP contribution is 2.13. The predicted octanol–water partition coefficient (Wildman–Crippen LogP) is 1.11. The van der Waals surface area contributed by atoms with Crippen LogP contribution < -0.4 is 10.6 Å². The van der Waals surface area contributed by atoms with Crippen LogP contribution in [0.2, 0.25) is 19.1 Å². The van der Waals surface area contributed by atoms with Crippen molar-refractivity contribution < 1.29 is 4.43 Å². The van der Waals surface area contributed by atoms with Gasteiger partial charge in [0.15, 0.2) is 8.32 Å². The number of piperazine rings is 1. The molecule has 0 unspecified atom stereocenters. The van der Waals surface area contributed by atoms with Crippen molar-refractivity contribution in [3.8, 4) is 0 Å². The molecule has 0 aromatic heterocycles. The first-order valence-corrected chi connectivity index (χ1v) is 10.5. The minimum Gasteiger partial charge on any atom is -0.417 e. The molecule has 0 aliphatic carbocycles. The first kappa shape index (κ1) is 16.1. The lowest BCUT2D eigenvalue weighted by molar-refractivity contribution is 0.211. The second-order valence-electron chi connectivity index (χ2n) is 5.76. The number of nitrogens with one attached hydrogen (secondary N) is 2. The molecule has 1 fully saturated rings. The molecule has 1 aliphatic rings. The molecule has 1 saturated heterocycles. The summed E-state index contributed by atoms with van der Waals surface area (Å²) < 4.78 is 6.14. The Morgan fingerprint density at radius 3 is 2.61 bits per heavy atom. The Hall–Kier alpha value is 0.0569. The fourth-order valence-electron chi connectivity index (χ4n) is 2.33. The van der Waals surface area contributed by atoms with E-state index in [1.54, 1.807) is 0 Å². The molecule has 2 N–H and O–H groups in total. The predicted molar refractivity (Wildman–Crippen MR) is 80.7 cm³/mol. The molecule has 18 heavy (non-hydrogen) atoms. The van der Waals surface area contributed by atoms with Crippen molar-refractivity contribution in [1.29, 1.82) is 0 Å². The van der Waals surface area contributed by atoms with E-state index in [0.29, 0.717) is 0 Å². The van der Waals surface area contributed by atoms with E-state index in [1.165, 1.54) is 38.5 Å². The molecule has 0 aromatic rings. The Morgan fingerprint density at radius 1 is 1.22 bits per heavy atom. The van der Waals surface area contributed by atoms with E-state index in [1.807, 2.05) is 7.05 Å². The van der Waals surface area contributed by atoms with Gasteiger partial charge in [-0.15, -0.1) is 0 Å². The average Bonchev–Trinajstić information content (AvgIpc) is 2.36. The van der Waals surface area contributed by atoms with Crippen LogP contribution in [-0.4, -0.2) is 66.1 Å². The topological polar surface area (TPSA) is 36.5 Å². The molecule has 0 aromatic carbocycles. The summed E-state index contributed by atoms with van der Waals surface area (Å²) in [7, 11) is 0.619. The van der Waals surface area contributed by atoms with Crippen molar-refractivity contribution in [2.45, 2.75) is 32.0 Å². The SMILES string of the molecule is CNCCC[Si](C)(C)OCCCN1CCNCC1. The highest BCUT2D eigenvalue weighted by atomic mass is 28.4. The van der Waals surface area contributed by atoms with Crippen LogP contribution in [0.25, 0.3) is 0 Å². The van der Waals surface area contributed by atoms with Crippen LogP contribution in [0.15, 0.2) is 0 Å². The van der Waals surface area contributed by atoms with Crippen molar-refractivity contribution >= 4 is 8.32 Å². The first-order chi connectivity index (χ1) is 8.64. The lowest BCUT2D eigenvalue weighted by Gasteiger charge is -2.28. The van der Waals surface area contributed by atoms with E-state index in [2.05, 4.69) is 28.6 Å². The zero-order chi connectivity index (χ0) is 13.3. The highest BCUT2D eigenvalue weighted by Gasteiger charge is 2.21. The molecular formula is C13H31N3OSi. The normalized spacial score (nSPS) is 18.2. The maximum Gasteiger partial charge on any atom is 0.186 e. The van der Waals surface area contributed by atoms with Crippen molar-refractivity contribution in [2.24, 2.45) is 0 Å². The molecular weight excluding hydrogens is 242 g/mol. The summed E-state index contributed by atoms with van der Waals surface area (Å²) in [5.41, 5.74) is 0. The van der Waals surface area contributed by atoms with Crippen LogP contribution in [0.5, 0.6) is 0 Å². The van der Waals surface area contributed by atoms with Crippen molar-refractivity contribution in [2.75, 3.05) is 52.9 Å². The highest BCUT2D eigenvalue weighted by molar-refractivity contribution is 6.71. The molecule has 4 nitrogen and oxygen atoms in total. The minimum absolute atomic E-state index is 0.947. The van der Waals surface area contributed by atoms with Crippen molar-refractivity contribution in [3.63, 3.8) is 0 Å². The lowest BCUT2D eigenvalue weighted by atomic mass is 10.3. The van der Waals surface area contributed by atoms with Crippen LogP contribution >= 0.6 is 0 Å². The number of rotatable bonds is 9. The average molecular weight is 273 g/mol. The molecule has 0 spiro atoms. The third-order valence-electron chi connectivity index (χ3n) is 3.53. The largest absolute Gasteiger partial charge is 0.417 e. The molecule has 0 bridgehead atoms. The third-order valence-corrected chi connectivity index (χ3v) is 6.07. The summed E-state index contributed by atoms with van der Waals surface area (Å²) in [4.78, 5) is 2.54. The second kappa shape index (κ2) is 9.04. The molecule has 5 heteroatoms. The smallest absolute Gasteiger partial charge is 0.186 e. The second-order valence-corrected chi connectivity index (χ2v) is 10.1. The van der Waals surface area contributed by atoms with Gasteiger partial charge in [-0.05, 0) is 45.6 Å². The summed E-state index contributed by atoms with van der Waals surface area (Å²) in [6.07, 6.45) is 2.43. The van der Waals surface area contributed by atoms with Crippen LogP contribution in [0, 0.1) is 0 Å². The fraction of sp³-hybridized carbons (Fsp3) is 1.00. The molecule has 1 aliphatic heterocycles. The lowest BCUT2D eigenvalue weighted by Crippen LogP contribution is -2.44. The van der Waals surface area contributed by atoms with E-state index in [0.717, 1.165) is 26.2 Å². The Balaban J connectivity index is 2.01. The quantitative estimate of drug-likeness (QED) is 0.487. The summed E-state index contributed by atoms with van der Waals surface area (Å²) in [5.74, 6) is 0. The van der Waals surface area contributed by atoms with Gasteiger partial charge in [0, 0.05) is 39.3 Å². The maximum absolute atomic E-state index is 6.14. The van der Waals surface area contributed by atoms with Crippen LogP contribution in [-0.2, 0) is 4.43 Å². The van der Waals surface area contributed by atoms with Gasteiger partial charge >= 0.3 is 0 Å². The standard InChI is InChI=1S/C13H31N3OSi/c1-14-6-4-13-18(2,3)17-12-5-9-16-10-7-15-8-11-16/h14-15H,4-13H2,1-3H3. The molecule has 0 amide bonds. The molecule has 0 radical (unpaired) electrons. The maximum atomic E-state index is 6.14. The Kier molecular flexibility index (Phi) is 8.09. The summed E-state index contributed by atoms with van der Waals surface area (Å²) >= 11 is 0. The molecule has 1 rings (SSSR count). The van der Waals surface area contributed by atoms with E-state index >= 15 is 0 Å². The zero-order valence-electron chi connectivity index (χ0n) is 12.4. The number of hydrogen-bond donors (Lipinski definition) is 2. The molecule has 108 valence electrons. The number of hydrogen-bond acceptors (Lipinski definition) is 4. The van der Waals surface area contributed by atoms with Gasteiger partial charge in [-0.25, -0.2) is 0 Å². The van der Waals surface area contributed by atoms with Gasteiger partial charge < -0.3 is 20.0 Å². The van der Waals surface area contributed by atoms with Crippen LogP contribution in [0.3, 0.4) is 0 Å². The summed E-state index contributed by atoms with van der Waals surface area (Å²) in [6, 6.07) is 1.27. The van der Waals surface area contributed by atoms with Gasteiger partial charge in [-0.3, -0.25) is 0 Å². The first-order valence-electron chi connectivity index (χ1n) is 7.36. The number of nitrogens with zero attached hydrogens (tertiary/aromatic N) is 1. The Morgan fingerprint density at radius 2 is 1.94 bits per heavy atom. The van der Waals surface area contributed by atoms with Crippen molar-refractivity contribution in [3.05, 3.63) is 0 Å². The van der Waals surface area contributed by atoms with Gasteiger partial charge in [0.05, 0.1) is 0 Å². The summed E-state index contributed by atoms with van der Waals surface area (Å²) in [5, 5.41) is 6.59. The molecule has 0 saturated carbocycles. The van der Waals surface area contributed by atoms with E-state index in [9.17, 15) is 0 Å². The van der Waals surface area contributed by atoms with E-state index < -0.39 is 8.32 Å². The van der Waals surface area contributed by atoms with Crippen molar-refractivity contribution in [1.82, 2.24) is 15.5 Å². The fourth-order valence-corrected chi connectivity index (χ4v) is 4.20. The molecule has 1 heterocycles. The van der Waals surface area contributed by atoms with Crippen LogP contribution in [0.1, 0.15) is 12.8 Å². The summed E-state index contributed by atoms with van der Waals surface area (Å²) in [6.45, 7) is 12.6. The monoisotopic (exact) mass is 273 g/mol. The Labute approximate surface area is 114 Å². The Bertz CT molecular complexity index is 208. The van der Waals surface area contributed by atoms with Gasteiger partial charge in [0.2, 0.25) is 0 Å². The minimum atomic E-state index is -1.40.